The minimum atomic E-state index is -3.70. The molecular formula is C22H35N3O5S. The Kier molecular flexibility index (Phi) is 7.57. The third kappa shape index (κ3) is 5.94. The lowest BCUT2D eigenvalue weighted by Gasteiger charge is -2.22. The Hall–Kier alpha value is -1.74. The first-order valence-electron chi connectivity index (χ1n) is 11.3. The van der Waals surface area contributed by atoms with Gasteiger partial charge in [-0.15, -0.1) is 0 Å². The molecule has 0 aliphatic heterocycles. The number of sulfonamides is 1. The standard InChI is InChI=1S/C22H35N3O5S/c1-25(2)13-6-4-3-5-9-17-14-22(17,21(28)24-31(29,30)18-11-12-18)23-20(27)19-10-7-8-16(19)15-26/h5,9,15-19H,3-4,6-8,10-14H2,1-2H3,(H,23,27)(H,24,28)/b9-5-/t16-,17+,19+,22+/m0/s1. The zero-order chi connectivity index (χ0) is 22.6. The van der Waals surface area contributed by atoms with Crippen molar-refractivity contribution in [2.75, 3.05) is 20.6 Å². The van der Waals surface area contributed by atoms with Crippen LogP contribution >= 0.6 is 0 Å². The third-order valence-corrected chi connectivity index (χ3v) is 8.46. The lowest BCUT2D eigenvalue weighted by atomic mass is 9.96. The molecule has 31 heavy (non-hydrogen) atoms. The predicted octanol–water partition coefficient (Wildman–Crippen LogP) is 1.37. The Bertz CT molecular complexity index is 821. The van der Waals surface area contributed by atoms with E-state index in [2.05, 4.69) is 14.9 Å². The highest BCUT2D eigenvalue weighted by molar-refractivity contribution is 7.91. The van der Waals surface area contributed by atoms with E-state index in [9.17, 15) is 22.8 Å². The molecule has 0 heterocycles. The van der Waals surface area contributed by atoms with Crippen molar-refractivity contribution in [3.63, 3.8) is 0 Å². The van der Waals surface area contributed by atoms with E-state index in [1.807, 2.05) is 26.2 Å². The normalized spacial score (nSPS) is 30.5. The van der Waals surface area contributed by atoms with Crippen LogP contribution in [0.15, 0.2) is 12.2 Å². The van der Waals surface area contributed by atoms with Gasteiger partial charge in [0.25, 0.3) is 5.91 Å². The number of nitrogens with zero attached hydrogens (tertiary/aromatic N) is 1. The van der Waals surface area contributed by atoms with Gasteiger partial charge >= 0.3 is 0 Å². The fourth-order valence-electron chi connectivity index (χ4n) is 4.40. The number of allylic oxidation sites excluding steroid dienone is 1. The number of amides is 2. The van der Waals surface area contributed by atoms with Gasteiger partial charge in [-0.2, -0.15) is 0 Å². The van der Waals surface area contributed by atoms with Crippen molar-refractivity contribution in [2.24, 2.45) is 17.8 Å². The maximum absolute atomic E-state index is 13.0. The second-order valence-electron chi connectivity index (χ2n) is 9.51. The molecule has 0 radical (unpaired) electrons. The first kappa shape index (κ1) is 23.9. The number of aldehydes is 1. The number of hydrogen-bond acceptors (Lipinski definition) is 6. The van der Waals surface area contributed by atoms with Crippen molar-refractivity contribution in [2.45, 2.75) is 68.6 Å². The van der Waals surface area contributed by atoms with Crippen LogP contribution in [0.1, 0.15) is 57.8 Å². The molecule has 2 amide bonds. The molecule has 2 N–H and O–H groups in total. The number of carbonyl (C=O) groups excluding carboxylic acids is 3. The van der Waals surface area contributed by atoms with Gasteiger partial charge in [-0.3, -0.25) is 14.3 Å². The average molecular weight is 454 g/mol. The van der Waals surface area contributed by atoms with E-state index >= 15 is 0 Å². The molecule has 0 aromatic rings. The van der Waals surface area contributed by atoms with Crippen LogP contribution in [-0.4, -0.2) is 62.8 Å². The highest BCUT2D eigenvalue weighted by Crippen LogP contribution is 2.46. The first-order valence-corrected chi connectivity index (χ1v) is 12.9. The molecular weight excluding hydrogens is 418 g/mol. The van der Waals surface area contributed by atoms with Crippen LogP contribution in [0, 0.1) is 17.8 Å². The highest BCUT2D eigenvalue weighted by Gasteiger charge is 2.61. The number of carbonyl (C=O) groups is 3. The molecule has 3 aliphatic rings. The Morgan fingerprint density at radius 1 is 1.13 bits per heavy atom. The lowest BCUT2D eigenvalue weighted by molar-refractivity contribution is -0.133. The quantitative estimate of drug-likeness (QED) is 0.262. The van der Waals surface area contributed by atoms with Gasteiger partial charge < -0.3 is 15.0 Å². The fraction of sp³-hybridized carbons (Fsp3) is 0.773. The van der Waals surface area contributed by atoms with Gasteiger partial charge in [-0.05, 0) is 72.0 Å². The molecule has 3 aliphatic carbocycles. The summed E-state index contributed by atoms with van der Waals surface area (Å²) in [5.74, 6) is -2.00. The summed E-state index contributed by atoms with van der Waals surface area (Å²) in [5.41, 5.74) is -1.24. The van der Waals surface area contributed by atoms with E-state index in [-0.39, 0.29) is 17.7 Å². The molecule has 3 rings (SSSR count). The predicted molar refractivity (Wildman–Crippen MR) is 118 cm³/mol. The van der Waals surface area contributed by atoms with E-state index < -0.39 is 32.6 Å². The van der Waals surface area contributed by atoms with Crippen LogP contribution in [0.25, 0.3) is 0 Å². The molecule has 0 aromatic carbocycles. The second kappa shape index (κ2) is 9.81. The van der Waals surface area contributed by atoms with Gasteiger partial charge in [0, 0.05) is 17.8 Å². The summed E-state index contributed by atoms with van der Waals surface area (Å²) in [6, 6.07) is 0. The summed E-state index contributed by atoms with van der Waals surface area (Å²) < 4.78 is 26.8. The third-order valence-electron chi connectivity index (χ3n) is 6.64. The SMILES string of the molecule is CN(C)CCCC/C=C\[C@@H]1C[C@]1(NC(=O)[C@@H]1CCC[C@H]1C=O)C(=O)NS(=O)(=O)C1CC1. The van der Waals surface area contributed by atoms with Crippen molar-refractivity contribution < 1.29 is 22.8 Å². The summed E-state index contributed by atoms with van der Waals surface area (Å²) in [6.45, 7) is 1.01. The summed E-state index contributed by atoms with van der Waals surface area (Å²) in [7, 11) is 0.366. The van der Waals surface area contributed by atoms with Crippen LogP contribution in [0.2, 0.25) is 0 Å². The first-order chi connectivity index (χ1) is 14.7. The molecule has 9 heteroatoms. The molecule has 3 saturated carbocycles. The van der Waals surface area contributed by atoms with Gasteiger partial charge in [0.05, 0.1) is 5.25 Å². The maximum Gasteiger partial charge on any atom is 0.259 e. The van der Waals surface area contributed by atoms with Crippen molar-refractivity contribution in [3.05, 3.63) is 12.2 Å². The Labute approximate surface area is 185 Å². The van der Waals surface area contributed by atoms with Crippen molar-refractivity contribution in [3.8, 4) is 0 Å². The zero-order valence-electron chi connectivity index (χ0n) is 18.5. The fourth-order valence-corrected chi connectivity index (χ4v) is 5.77. The van der Waals surface area contributed by atoms with E-state index in [0.717, 1.165) is 38.5 Å². The van der Waals surface area contributed by atoms with Gasteiger partial charge in [0.15, 0.2) is 0 Å². The second-order valence-corrected chi connectivity index (χ2v) is 11.5. The Balaban J connectivity index is 1.64. The average Bonchev–Trinajstić information content (AvgIpc) is 3.61. The number of hydrogen-bond donors (Lipinski definition) is 2. The van der Waals surface area contributed by atoms with Gasteiger partial charge in [0.1, 0.15) is 11.8 Å². The molecule has 3 fully saturated rings. The van der Waals surface area contributed by atoms with E-state index in [0.29, 0.717) is 32.1 Å². The van der Waals surface area contributed by atoms with Gasteiger partial charge in [-0.25, -0.2) is 8.42 Å². The van der Waals surface area contributed by atoms with Crippen molar-refractivity contribution >= 4 is 28.1 Å². The van der Waals surface area contributed by atoms with Gasteiger partial charge in [0.2, 0.25) is 15.9 Å². The molecule has 0 aromatic heterocycles. The summed E-state index contributed by atoms with van der Waals surface area (Å²) in [6.07, 6.45) is 11.3. The molecule has 0 spiro atoms. The zero-order valence-corrected chi connectivity index (χ0v) is 19.3. The van der Waals surface area contributed by atoms with E-state index in [1.165, 1.54) is 0 Å². The minimum absolute atomic E-state index is 0.240. The smallest absolute Gasteiger partial charge is 0.259 e. The van der Waals surface area contributed by atoms with Crippen LogP contribution in [-0.2, 0) is 24.4 Å². The van der Waals surface area contributed by atoms with Crippen LogP contribution < -0.4 is 10.0 Å². The maximum atomic E-state index is 13.0. The van der Waals surface area contributed by atoms with Crippen molar-refractivity contribution in [1.82, 2.24) is 14.9 Å². The topological polar surface area (TPSA) is 113 Å². The largest absolute Gasteiger partial charge is 0.341 e. The minimum Gasteiger partial charge on any atom is -0.341 e. The highest BCUT2D eigenvalue weighted by atomic mass is 32.2. The molecule has 0 bridgehead atoms. The molecule has 0 unspecified atom stereocenters. The summed E-state index contributed by atoms with van der Waals surface area (Å²) in [4.78, 5) is 39.3. The van der Waals surface area contributed by atoms with Crippen LogP contribution in [0.4, 0.5) is 0 Å². The van der Waals surface area contributed by atoms with Gasteiger partial charge in [-0.1, -0.05) is 18.6 Å². The lowest BCUT2D eigenvalue weighted by Crippen LogP contribution is -2.54. The van der Waals surface area contributed by atoms with E-state index in [1.54, 1.807) is 0 Å². The Morgan fingerprint density at radius 2 is 1.87 bits per heavy atom. The molecule has 4 atom stereocenters. The Morgan fingerprint density at radius 3 is 2.52 bits per heavy atom. The number of unbranched alkanes of at least 4 members (excludes halogenated alkanes) is 2. The number of rotatable bonds is 12. The van der Waals surface area contributed by atoms with Crippen LogP contribution in [0.5, 0.6) is 0 Å². The molecule has 0 saturated heterocycles. The monoisotopic (exact) mass is 453 g/mol. The number of nitrogens with one attached hydrogen (secondary N) is 2. The summed E-state index contributed by atoms with van der Waals surface area (Å²) >= 11 is 0. The van der Waals surface area contributed by atoms with Crippen LogP contribution in [0.3, 0.4) is 0 Å². The molecule has 174 valence electrons. The van der Waals surface area contributed by atoms with E-state index in [4.69, 9.17) is 0 Å². The van der Waals surface area contributed by atoms with Crippen molar-refractivity contribution in [1.29, 1.82) is 0 Å². The molecule has 8 nitrogen and oxygen atoms in total. The summed E-state index contributed by atoms with van der Waals surface area (Å²) in [5, 5.41) is 2.33.